The summed E-state index contributed by atoms with van der Waals surface area (Å²) < 4.78 is 10.2. The predicted molar refractivity (Wildman–Crippen MR) is 115 cm³/mol. The molecule has 0 saturated heterocycles. The molecule has 0 unspecified atom stereocenters. The van der Waals surface area contributed by atoms with Crippen molar-refractivity contribution >= 4 is 34.5 Å². The summed E-state index contributed by atoms with van der Waals surface area (Å²) in [6, 6.07) is 12.4. The van der Waals surface area contributed by atoms with Gasteiger partial charge in [0, 0.05) is 0 Å². The molecule has 7 heteroatoms. The molecule has 2 aromatic rings. The van der Waals surface area contributed by atoms with E-state index in [0.717, 1.165) is 5.56 Å². The van der Waals surface area contributed by atoms with Crippen LogP contribution in [-0.4, -0.2) is 34.9 Å². The largest absolute Gasteiger partial charge is 0.506 e. The normalized spacial score (nSPS) is 16.5. The standard InChI is InChI=1S/C22H21NO5S/c1-4-28-22(26)19-20(25)18(12-14-8-9-16(24)17(11-14)27-3)29-21(19)23-15-7-5-6-13(2)10-15/h5-12,24-25H,4H2,1-3H3/b18-12-,23-21?. The summed E-state index contributed by atoms with van der Waals surface area (Å²) >= 11 is 1.18. The number of hydrogen-bond acceptors (Lipinski definition) is 7. The molecule has 0 amide bonds. The van der Waals surface area contributed by atoms with Crippen molar-refractivity contribution in [3.63, 3.8) is 0 Å². The maximum absolute atomic E-state index is 12.5. The van der Waals surface area contributed by atoms with Crippen LogP contribution in [0.3, 0.4) is 0 Å². The zero-order valence-corrected chi connectivity index (χ0v) is 17.1. The van der Waals surface area contributed by atoms with E-state index in [-0.39, 0.29) is 23.7 Å². The molecule has 0 fully saturated rings. The Balaban J connectivity index is 2.05. The Kier molecular flexibility index (Phi) is 6.29. The van der Waals surface area contributed by atoms with Gasteiger partial charge < -0.3 is 19.7 Å². The summed E-state index contributed by atoms with van der Waals surface area (Å²) in [5.74, 6) is -0.491. The monoisotopic (exact) mass is 411 g/mol. The molecule has 0 saturated carbocycles. The number of esters is 1. The van der Waals surface area contributed by atoms with E-state index in [0.29, 0.717) is 26.9 Å². The molecule has 2 N–H and O–H groups in total. The maximum Gasteiger partial charge on any atom is 0.344 e. The number of benzene rings is 2. The molecule has 2 aromatic carbocycles. The van der Waals surface area contributed by atoms with Gasteiger partial charge in [-0.3, -0.25) is 0 Å². The molecule has 0 aromatic heterocycles. The molecular weight excluding hydrogens is 390 g/mol. The number of nitrogens with zero attached hydrogens (tertiary/aromatic N) is 1. The number of methoxy groups -OCH3 is 1. The van der Waals surface area contributed by atoms with Gasteiger partial charge in [-0.25, -0.2) is 9.79 Å². The Hall–Kier alpha value is -3.19. The molecule has 1 aliphatic rings. The number of aliphatic hydroxyl groups is 1. The highest BCUT2D eigenvalue weighted by molar-refractivity contribution is 8.18. The molecule has 1 aliphatic heterocycles. The second-order valence-electron chi connectivity index (χ2n) is 6.24. The van der Waals surface area contributed by atoms with Gasteiger partial charge >= 0.3 is 5.97 Å². The van der Waals surface area contributed by atoms with Gasteiger partial charge in [-0.15, -0.1) is 0 Å². The molecule has 6 nitrogen and oxygen atoms in total. The van der Waals surface area contributed by atoms with Crippen molar-refractivity contribution in [2.24, 2.45) is 4.99 Å². The SMILES string of the molecule is CCOC(=O)C1=C(O)/C(=C/c2ccc(O)c(OC)c2)SC1=Nc1cccc(C)c1. The molecule has 1 heterocycles. The summed E-state index contributed by atoms with van der Waals surface area (Å²) in [7, 11) is 1.46. The third-order valence-electron chi connectivity index (χ3n) is 4.10. The summed E-state index contributed by atoms with van der Waals surface area (Å²) in [6.07, 6.45) is 1.69. The van der Waals surface area contributed by atoms with Gasteiger partial charge in [0.05, 0.1) is 24.3 Å². The zero-order chi connectivity index (χ0) is 21.0. The van der Waals surface area contributed by atoms with E-state index < -0.39 is 5.97 Å². The van der Waals surface area contributed by atoms with Crippen molar-refractivity contribution in [2.75, 3.05) is 13.7 Å². The summed E-state index contributed by atoms with van der Waals surface area (Å²) in [5.41, 5.74) is 2.44. The Bertz CT molecular complexity index is 1040. The molecule has 0 aliphatic carbocycles. The van der Waals surface area contributed by atoms with Crippen LogP contribution >= 0.6 is 11.8 Å². The zero-order valence-electron chi connectivity index (χ0n) is 16.3. The highest BCUT2D eigenvalue weighted by Gasteiger charge is 2.33. The smallest absolute Gasteiger partial charge is 0.344 e. The van der Waals surface area contributed by atoms with Crippen LogP contribution in [0.1, 0.15) is 18.1 Å². The van der Waals surface area contributed by atoms with Gasteiger partial charge in [0.2, 0.25) is 0 Å². The van der Waals surface area contributed by atoms with Crippen molar-refractivity contribution in [3.8, 4) is 11.5 Å². The van der Waals surface area contributed by atoms with E-state index in [9.17, 15) is 15.0 Å². The van der Waals surface area contributed by atoms with Gasteiger partial charge in [0.1, 0.15) is 16.4 Å². The minimum absolute atomic E-state index is 0.0161. The first-order chi connectivity index (χ1) is 13.9. The number of rotatable bonds is 5. The van der Waals surface area contributed by atoms with E-state index in [1.165, 1.54) is 24.9 Å². The molecule has 0 bridgehead atoms. The number of carbonyl (C=O) groups excluding carboxylic acids is 1. The third-order valence-corrected chi connectivity index (χ3v) is 5.12. The highest BCUT2D eigenvalue weighted by atomic mass is 32.2. The quantitative estimate of drug-likeness (QED) is 0.680. The lowest BCUT2D eigenvalue weighted by Gasteiger charge is -2.04. The van der Waals surface area contributed by atoms with E-state index in [2.05, 4.69) is 4.99 Å². The van der Waals surface area contributed by atoms with Crippen molar-refractivity contribution in [1.29, 1.82) is 0 Å². The van der Waals surface area contributed by atoms with Crippen LogP contribution in [0.15, 0.2) is 63.7 Å². The average molecular weight is 411 g/mol. The third kappa shape index (κ3) is 4.63. The Morgan fingerprint density at radius 2 is 2.00 bits per heavy atom. The fraction of sp³-hybridized carbons (Fsp3) is 0.182. The molecule has 0 spiro atoms. The number of carbonyl (C=O) groups is 1. The van der Waals surface area contributed by atoms with Gasteiger partial charge in [0.25, 0.3) is 0 Å². The van der Waals surface area contributed by atoms with E-state index in [4.69, 9.17) is 9.47 Å². The van der Waals surface area contributed by atoms with Crippen molar-refractivity contribution in [2.45, 2.75) is 13.8 Å². The number of aryl methyl sites for hydroxylation is 1. The molecule has 29 heavy (non-hydrogen) atoms. The van der Waals surface area contributed by atoms with Crippen LogP contribution in [0.2, 0.25) is 0 Å². The van der Waals surface area contributed by atoms with E-state index >= 15 is 0 Å². The minimum Gasteiger partial charge on any atom is -0.506 e. The predicted octanol–water partition coefficient (Wildman–Crippen LogP) is 4.90. The minimum atomic E-state index is -0.629. The molecular formula is C22H21NO5S. The lowest BCUT2D eigenvalue weighted by atomic mass is 10.1. The lowest BCUT2D eigenvalue weighted by Crippen LogP contribution is -2.12. The summed E-state index contributed by atoms with van der Waals surface area (Å²) in [4.78, 5) is 17.5. The highest BCUT2D eigenvalue weighted by Crippen LogP contribution is 2.41. The second-order valence-corrected chi connectivity index (χ2v) is 7.27. The number of aliphatic imine (C=N–C) groups is 1. The topological polar surface area (TPSA) is 88.4 Å². The number of hydrogen-bond donors (Lipinski definition) is 2. The average Bonchev–Trinajstić information content (AvgIpc) is 2.98. The number of thioether (sulfide) groups is 1. The fourth-order valence-corrected chi connectivity index (χ4v) is 3.78. The van der Waals surface area contributed by atoms with Crippen LogP contribution in [0.5, 0.6) is 11.5 Å². The van der Waals surface area contributed by atoms with Crippen LogP contribution in [-0.2, 0) is 9.53 Å². The first-order valence-corrected chi connectivity index (χ1v) is 9.77. The number of phenols is 1. The van der Waals surface area contributed by atoms with Gasteiger partial charge in [-0.1, -0.05) is 30.0 Å². The van der Waals surface area contributed by atoms with E-state index in [1.807, 2.05) is 31.2 Å². The van der Waals surface area contributed by atoms with E-state index in [1.54, 1.807) is 25.1 Å². The Labute approximate surface area is 173 Å². The summed E-state index contributed by atoms with van der Waals surface area (Å²) in [5, 5.41) is 20.8. The van der Waals surface area contributed by atoms with Crippen molar-refractivity contribution < 1.29 is 24.5 Å². The number of phenolic OH excluding ortho intramolecular Hbond substituents is 1. The molecule has 0 atom stereocenters. The van der Waals surface area contributed by atoms with Crippen LogP contribution in [0, 0.1) is 6.92 Å². The lowest BCUT2D eigenvalue weighted by molar-refractivity contribution is -0.138. The van der Waals surface area contributed by atoms with Crippen LogP contribution < -0.4 is 4.74 Å². The van der Waals surface area contributed by atoms with Crippen LogP contribution in [0.4, 0.5) is 5.69 Å². The molecule has 3 rings (SSSR count). The van der Waals surface area contributed by atoms with Crippen molar-refractivity contribution in [1.82, 2.24) is 0 Å². The fourth-order valence-electron chi connectivity index (χ4n) is 2.74. The maximum atomic E-state index is 12.5. The second kappa shape index (κ2) is 8.87. The first kappa shape index (κ1) is 20.5. The van der Waals surface area contributed by atoms with Gasteiger partial charge in [0.15, 0.2) is 11.5 Å². The molecule has 0 radical (unpaired) electrons. The van der Waals surface area contributed by atoms with Crippen LogP contribution in [0.25, 0.3) is 6.08 Å². The summed E-state index contributed by atoms with van der Waals surface area (Å²) in [6.45, 7) is 3.84. The number of ether oxygens (including phenoxy) is 2. The van der Waals surface area contributed by atoms with Gasteiger partial charge in [-0.2, -0.15) is 0 Å². The molecule has 150 valence electrons. The Morgan fingerprint density at radius 1 is 1.21 bits per heavy atom. The van der Waals surface area contributed by atoms with Gasteiger partial charge in [-0.05, 0) is 55.3 Å². The van der Waals surface area contributed by atoms with Crippen molar-refractivity contribution in [3.05, 3.63) is 69.8 Å². The number of aliphatic hydroxyl groups excluding tert-OH is 1. The Morgan fingerprint density at radius 3 is 2.69 bits per heavy atom. The first-order valence-electron chi connectivity index (χ1n) is 8.96. The number of aromatic hydroxyl groups is 1.